The van der Waals surface area contributed by atoms with Gasteiger partial charge in [0.1, 0.15) is 6.33 Å². The van der Waals surface area contributed by atoms with E-state index in [0.29, 0.717) is 16.6 Å². The molecule has 0 radical (unpaired) electrons. The number of hydrogen-bond acceptors (Lipinski definition) is 6. The number of likely N-dealkylation sites (N-methyl/N-ethyl adjacent to an activating group) is 1. The van der Waals surface area contributed by atoms with E-state index in [1.807, 2.05) is 45.0 Å². The maximum absolute atomic E-state index is 15.1. The van der Waals surface area contributed by atoms with Crippen LogP contribution >= 0.6 is 0 Å². The van der Waals surface area contributed by atoms with Crippen LogP contribution in [0, 0.1) is 18.6 Å². The average molecular weight is 495 g/mol. The molecule has 1 aliphatic heterocycles. The summed E-state index contributed by atoms with van der Waals surface area (Å²) in [6.45, 7) is 10.9. The molecular formula is C27H32F2N6O. The highest BCUT2D eigenvalue weighted by Crippen LogP contribution is 2.32. The number of aryl methyl sites for hydroxylation is 1. The maximum Gasteiger partial charge on any atom is 0.261 e. The van der Waals surface area contributed by atoms with Gasteiger partial charge in [0.05, 0.1) is 0 Å². The fourth-order valence-electron chi connectivity index (χ4n) is 4.08. The second-order valence-corrected chi connectivity index (χ2v) is 8.64. The monoisotopic (exact) mass is 494 g/mol. The van der Waals surface area contributed by atoms with Gasteiger partial charge in [0.2, 0.25) is 5.82 Å². The van der Waals surface area contributed by atoms with Gasteiger partial charge in [-0.2, -0.15) is 9.37 Å². The van der Waals surface area contributed by atoms with Gasteiger partial charge in [-0.3, -0.25) is 4.90 Å². The number of piperazine rings is 1. The predicted molar refractivity (Wildman–Crippen MR) is 139 cm³/mol. The maximum atomic E-state index is 15.1. The number of benzene rings is 2. The predicted octanol–water partition coefficient (Wildman–Crippen LogP) is 5.85. The molecule has 7 nitrogen and oxygen atoms in total. The van der Waals surface area contributed by atoms with Gasteiger partial charge in [-0.25, -0.2) is 9.37 Å². The molecule has 3 heterocycles. The van der Waals surface area contributed by atoms with E-state index in [2.05, 4.69) is 37.1 Å². The summed E-state index contributed by atoms with van der Waals surface area (Å²) in [6, 6.07) is 12.6. The van der Waals surface area contributed by atoms with Gasteiger partial charge in [-0.1, -0.05) is 26.0 Å². The third-order valence-electron chi connectivity index (χ3n) is 6.02. The topological polar surface area (TPSA) is 69.3 Å². The molecule has 4 aromatic rings. The summed E-state index contributed by atoms with van der Waals surface area (Å²) in [5, 5.41) is 3.33. The van der Waals surface area contributed by atoms with Gasteiger partial charge in [-0.15, -0.1) is 0 Å². The Morgan fingerprint density at radius 2 is 1.69 bits per heavy atom. The normalized spacial score (nSPS) is 14.4. The molecule has 36 heavy (non-hydrogen) atoms. The molecule has 0 bridgehead atoms. The summed E-state index contributed by atoms with van der Waals surface area (Å²) in [7, 11) is 2.14. The van der Waals surface area contributed by atoms with Crippen LogP contribution in [0.3, 0.4) is 0 Å². The largest absolute Gasteiger partial charge is 0.433 e. The lowest BCUT2D eigenvalue weighted by Crippen LogP contribution is -2.43. The molecule has 9 heteroatoms. The van der Waals surface area contributed by atoms with Crippen LogP contribution in [0.2, 0.25) is 0 Å². The van der Waals surface area contributed by atoms with E-state index < -0.39 is 11.6 Å². The Morgan fingerprint density at radius 1 is 0.972 bits per heavy atom. The molecule has 0 aliphatic carbocycles. The van der Waals surface area contributed by atoms with Crippen molar-refractivity contribution in [1.29, 1.82) is 0 Å². The molecule has 2 aromatic heterocycles. The molecule has 5 rings (SSSR count). The lowest BCUT2D eigenvalue weighted by Gasteiger charge is -2.32. The molecule has 0 saturated carbocycles. The van der Waals surface area contributed by atoms with Crippen molar-refractivity contribution >= 4 is 22.4 Å². The fourth-order valence-corrected chi connectivity index (χ4v) is 4.08. The third kappa shape index (κ3) is 5.80. The highest BCUT2D eigenvalue weighted by molar-refractivity contribution is 5.82. The smallest absolute Gasteiger partial charge is 0.261 e. The zero-order valence-electron chi connectivity index (χ0n) is 21.1. The summed E-state index contributed by atoms with van der Waals surface area (Å²) in [5.41, 5.74) is 3.33. The van der Waals surface area contributed by atoms with Crippen molar-refractivity contribution < 1.29 is 13.5 Å². The van der Waals surface area contributed by atoms with E-state index in [4.69, 9.17) is 4.74 Å². The first-order chi connectivity index (χ1) is 17.5. The highest BCUT2D eigenvalue weighted by atomic mass is 19.1. The Morgan fingerprint density at radius 3 is 2.42 bits per heavy atom. The van der Waals surface area contributed by atoms with E-state index in [1.54, 1.807) is 12.1 Å². The van der Waals surface area contributed by atoms with Crippen molar-refractivity contribution in [1.82, 2.24) is 24.8 Å². The Labute approximate surface area is 210 Å². The van der Waals surface area contributed by atoms with E-state index in [0.717, 1.165) is 38.4 Å². The molecule has 190 valence electrons. The van der Waals surface area contributed by atoms with Crippen LogP contribution < -0.4 is 10.1 Å². The summed E-state index contributed by atoms with van der Waals surface area (Å²) < 4.78 is 35.4. The standard InChI is InChI=1S/C25H26F2N6O.C2H6/c1-16-13-19-20(30-16)7-8-21(22(19)26)34-25-23(27)24(28-15-29-25)31-18-5-3-17(4-6-18)14-33-11-9-32(2)10-12-33;1-2/h3-8,13,15,30H,9-12,14H2,1-2H3,(H,28,29,31);1-2H3. The zero-order chi connectivity index (χ0) is 25.7. The minimum Gasteiger partial charge on any atom is -0.433 e. The number of aromatic nitrogens is 3. The molecule has 0 unspecified atom stereocenters. The Balaban J connectivity index is 0.00000148. The minimum absolute atomic E-state index is 0.0456. The van der Waals surface area contributed by atoms with E-state index >= 15 is 4.39 Å². The van der Waals surface area contributed by atoms with Crippen molar-refractivity contribution in [3.63, 3.8) is 0 Å². The van der Waals surface area contributed by atoms with Crippen LogP contribution in [-0.2, 0) is 6.54 Å². The Hall–Kier alpha value is -3.56. The number of rotatable bonds is 6. The highest BCUT2D eigenvalue weighted by Gasteiger charge is 2.18. The second kappa shape index (κ2) is 11.5. The SMILES string of the molecule is CC.Cc1cc2c(F)c(Oc3ncnc(Nc4ccc(CN5CCN(C)CC5)cc4)c3F)ccc2[nH]1. The lowest BCUT2D eigenvalue weighted by atomic mass is 10.2. The van der Waals surface area contributed by atoms with Gasteiger partial charge in [0.15, 0.2) is 17.4 Å². The number of ether oxygens (including phenoxy) is 1. The molecular weight excluding hydrogens is 462 g/mol. The van der Waals surface area contributed by atoms with Crippen molar-refractivity contribution in [3.8, 4) is 11.6 Å². The van der Waals surface area contributed by atoms with Gasteiger partial charge in [0, 0.05) is 55.0 Å². The number of nitrogens with one attached hydrogen (secondary N) is 2. The Kier molecular flexibility index (Phi) is 8.12. The van der Waals surface area contributed by atoms with Crippen molar-refractivity contribution in [2.24, 2.45) is 0 Å². The summed E-state index contributed by atoms with van der Waals surface area (Å²) in [6.07, 6.45) is 1.18. The van der Waals surface area contributed by atoms with E-state index in [-0.39, 0.29) is 17.4 Å². The van der Waals surface area contributed by atoms with Crippen LogP contribution in [0.15, 0.2) is 48.8 Å². The van der Waals surface area contributed by atoms with Gasteiger partial charge in [0.25, 0.3) is 5.88 Å². The summed E-state index contributed by atoms with van der Waals surface area (Å²) in [5.74, 6) is -1.88. The summed E-state index contributed by atoms with van der Waals surface area (Å²) >= 11 is 0. The third-order valence-corrected chi connectivity index (χ3v) is 6.02. The zero-order valence-corrected chi connectivity index (χ0v) is 21.1. The quantitative estimate of drug-likeness (QED) is 0.350. The number of hydrogen-bond donors (Lipinski definition) is 2. The van der Waals surface area contributed by atoms with Gasteiger partial charge < -0.3 is 19.9 Å². The molecule has 1 saturated heterocycles. The number of nitrogens with zero attached hydrogens (tertiary/aromatic N) is 4. The van der Waals surface area contributed by atoms with Gasteiger partial charge in [-0.05, 0) is 49.9 Å². The minimum atomic E-state index is -0.797. The number of H-pyrrole nitrogens is 1. The molecule has 1 fully saturated rings. The Bertz CT molecular complexity index is 1300. The van der Waals surface area contributed by atoms with Crippen molar-refractivity contribution in [2.75, 3.05) is 38.5 Å². The van der Waals surface area contributed by atoms with E-state index in [1.165, 1.54) is 18.0 Å². The molecule has 2 N–H and O–H groups in total. The van der Waals surface area contributed by atoms with Crippen LogP contribution in [0.5, 0.6) is 11.6 Å². The van der Waals surface area contributed by atoms with Crippen LogP contribution in [0.4, 0.5) is 20.3 Å². The molecule has 0 atom stereocenters. The molecule has 1 aliphatic rings. The average Bonchev–Trinajstić information content (AvgIpc) is 3.28. The van der Waals surface area contributed by atoms with Crippen molar-refractivity contribution in [2.45, 2.75) is 27.3 Å². The molecule has 0 amide bonds. The van der Waals surface area contributed by atoms with Crippen LogP contribution in [-0.4, -0.2) is 58.0 Å². The number of anilines is 2. The molecule has 0 spiro atoms. The number of halogens is 2. The number of aromatic amines is 1. The first kappa shape index (κ1) is 25.5. The first-order valence-corrected chi connectivity index (χ1v) is 12.2. The lowest BCUT2D eigenvalue weighted by molar-refractivity contribution is 0.148. The first-order valence-electron chi connectivity index (χ1n) is 12.2. The molecule has 2 aromatic carbocycles. The van der Waals surface area contributed by atoms with E-state index in [9.17, 15) is 4.39 Å². The summed E-state index contributed by atoms with van der Waals surface area (Å²) in [4.78, 5) is 15.6. The van der Waals surface area contributed by atoms with Crippen LogP contribution in [0.1, 0.15) is 25.1 Å². The fraction of sp³-hybridized carbons (Fsp3) is 0.333. The second-order valence-electron chi connectivity index (χ2n) is 8.64. The van der Waals surface area contributed by atoms with Crippen LogP contribution in [0.25, 0.3) is 10.9 Å². The van der Waals surface area contributed by atoms with Gasteiger partial charge >= 0.3 is 0 Å². The van der Waals surface area contributed by atoms with Crippen molar-refractivity contribution in [3.05, 3.63) is 71.7 Å². The number of fused-ring (bicyclic) bond motifs is 1.